The van der Waals surface area contributed by atoms with Crippen LogP contribution in [0.4, 0.5) is 0 Å². The van der Waals surface area contributed by atoms with E-state index in [4.69, 9.17) is 0 Å². The van der Waals surface area contributed by atoms with E-state index in [1.54, 1.807) is 11.8 Å². The van der Waals surface area contributed by atoms with Gasteiger partial charge in [0.15, 0.2) is 6.29 Å². The second kappa shape index (κ2) is 6.01. The molecular formula is C19H19NOS. The largest absolute Gasteiger partial charge is 0.354 e. The van der Waals surface area contributed by atoms with Crippen LogP contribution in [-0.2, 0) is 0 Å². The van der Waals surface area contributed by atoms with Gasteiger partial charge in [-0.3, -0.25) is 4.79 Å². The number of nitrogens with one attached hydrogen (secondary N) is 1. The van der Waals surface area contributed by atoms with Crippen molar-refractivity contribution in [3.05, 3.63) is 53.6 Å². The first kappa shape index (κ1) is 14.9. The van der Waals surface area contributed by atoms with Crippen LogP contribution in [0.25, 0.3) is 22.2 Å². The average molecular weight is 309 g/mol. The fourth-order valence-corrected chi connectivity index (χ4v) is 3.11. The van der Waals surface area contributed by atoms with Gasteiger partial charge in [-0.05, 0) is 47.6 Å². The van der Waals surface area contributed by atoms with Gasteiger partial charge in [0.05, 0.1) is 5.69 Å². The van der Waals surface area contributed by atoms with Gasteiger partial charge in [-0.1, -0.05) is 32.0 Å². The van der Waals surface area contributed by atoms with Crippen molar-refractivity contribution in [2.45, 2.75) is 24.7 Å². The van der Waals surface area contributed by atoms with Gasteiger partial charge in [-0.2, -0.15) is 0 Å². The minimum absolute atomic E-state index is 0.447. The molecule has 0 radical (unpaired) electrons. The summed E-state index contributed by atoms with van der Waals surface area (Å²) in [5, 5.41) is 1.00. The summed E-state index contributed by atoms with van der Waals surface area (Å²) in [5.41, 5.74) is 4.95. The lowest BCUT2D eigenvalue weighted by molar-refractivity contribution is 0.112. The maximum absolute atomic E-state index is 11.7. The minimum Gasteiger partial charge on any atom is -0.354 e. The number of thioether (sulfide) groups is 1. The molecule has 3 aromatic rings. The zero-order chi connectivity index (χ0) is 15.7. The fourth-order valence-electron chi connectivity index (χ4n) is 2.70. The normalized spacial score (nSPS) is 11.3. The van der Waals surface area contributed by atoms with E-state index in [1.165, 1.54) is 10.5 Å². The summed E-state index contributed by atoms with van der Waals surface area (Å²) < 4.78 is 0. The van der Waals surface area contributed by atoms with Gasteiger partial charge >= 0.3 is 0 Å². The molecule has 3 rings (SSSR count). The van der Waals surface area contributed by atoms with Crippen molar-refractivity contribution in [3.8, 4) is 11.3 Å². The zero-order valence-corrected chi connectivity index (χ0v) is 13.8. The Morgan fingerprint density at radius 2 is 1.82 bits per heavy atom. The summed E-state index contributed by atoms with van der Waals surface area (Å²) >= 11 is 1.71. The maximum Gasteiger partial charge on any atom is 0.152 e. The summed E-state index contributed by atoms with van der Waals surface area (Å²) in [7, 11) is 0. The number of hydrogen-bond donors (Lipinski definition) is 1. The summed E-state index contributed by atoms with van der Waals surface area (Å²) in [6.07, 6.45) is 3.02. The van der Waals surface area contributed by atoms with E-state index in [0.717, 1.165) is 34.0 Å². The first-order chi connectivity index (χ1) is 10.6. The molecule has 0 fully saturated rings. The number of carbonyl (C=O) groups excluding carboxylic acids is 1. The molecule has 0 unspecified atom stereocenters. The van der Waals surface area contributed by atoms with Gasteiger partial charge in [0.1, 0.15) is 0 Å². The molecule has 0 aliphatic carbocycles. The zero-order valence-electron chi connectivity index (χ0n) is 13.0. The predicted octanol–water partition coefficient (Wildman–Crippen LogP) is 5.49. The van der Waals surface area contributed by atoms with E-state index < -0.39 is 0 Å². The quantitative estimate of drug-likeness (QED) is 0.510. The Bertz CT molecular complexity index is 815. The van der Waals surface area contributed by atoms with Gasteiger partial charge in [-0.15, -0.1) is 11.8 Å². The fraction of sp³-hybridized carbons (Fsp3) is 0.211. The molecule has 2 nitrogen and oxygen atoms in total. The molecule has 1 N–H and O–H groups in total. The Morgan fingerprint density at radius 3 is 2.41 bits per heavy atom. The van der Waals surface area contributed by atoms with Gasteiger partial charge in [-0.25, -0.2) is 0 Å². The number of aromatic amines is 1. The highest BCUT2D eigenvalue weighted by molar-refractivity contribution is 7.98. The third kappa shape index (κ3) is 2.57. The summed E-state index contributed by atoms with van der Waals surface area (Å²) in [6, 6.07) is 14.6. The average Bonchev–Trinajstić information content (AvgIpc) is 2.92. The van der Waals surface area contributed by atoms with Crippen LogP contribution in [0.15, 0.2) is 47.4 Å². The molecule has 0 spiro atoms. The van der Waals surface area contributed by atoms with Gasteiger partial charge in [0.25, 0.3) is 0 Å². The highest BCUT2D eigenvalue weighted by atomic mass is 32.2. The van der Waals surface area contributed by atoms with Crippen LogP contribution in [0.3, 0.4) is 0 Å². The molecule has 1 aromatic heterocycles. The lowest BCUT2D eigenvalue weighted by Crippen LogP contribution is -1.87. The third-order valence-electron chi connectivity index (χ3n) is 4.03. The molecule has 0 atom stereocenters. The van der Waals surface area contributed by atoms with E-state index in [2.05, 4.69) is 67.6 Å². The van der Waals surface area contributed by atoms with E-state index >= 15 is 0 Å². The van der Waals surface area contributed by atoms with Gasteiger partial charge < -0.3 is 4.98 Å². The van der Waals surface area contributed by atoms with Crippen LogP contribution in [0, 0.1) is 0 Å². The van der Waals surface area contributed by atoms with Crippen molar-refractivity contribution in [3.63, 3.8) is 0 Å². The molecule has 0 aliphatic heterocycles. The number of rotatable bonds is 4. The van der Waals surface area contributed by atoms with Crippen LogP contribution < -0.4 is 0 Å². The second-order valence-corrected chi connectivity index (χ2v) is 6.60. The topological polar surface area (TPSA) is 32.9 Å². The Morgan fingerprint density at radius 1 is 1.09 bits per heavy atom. The Hall–Kier alpha value is -2.00. The van der Waals surface area contributed by atoms with Crippen LogP contribution >= 0.6 is 11.8 Å². The first-order valence-corrected chi connectivity index (χ1v) is 8.61. The molecule has 1 heterocycles. The smallest absolute Gasteiger partial charge is 0.152 e. The number of aromatic nitrogens is 1. The minimum atomic E-state index is 0.447. The van der Waals surface area contributed by atoms with Crippen molar-refractivity contribution in [1.82, 2.24) is 4.98 Å². The predicted molar refractivity (Wildman–Crippen MR) is 95.0 cm³/mol. The molecule has 2 aromatic carbocycles. The monoisotopic (exact) mass is 309 g/mol. The number of fused-ring (bicyclic) bond motifs is 1. The van der Waals surface area contributed by atoms with Crippen LogP contribution in [0.2, 0.25) is 0 Å². The number of aldehydes is 1. The standard InChI is InChI=1S/C19H19NOS/c1-12(2)14-6-9-18-16(10-14)17(11-21)19(20-18)13-4-7-15(22-3)8-5-13/h4-12,20H,1-3H3. The van der Waals surface area contributed by atoms with Crippen LogP contribution in [-0.4, -0.2) is 17.5 Å². The first-order valence-electron chi connectivity index (χ1n) is 7.39. The Kier molecular flexibility index (Phi) is 4.08. The Labute approximate surface area is 134 Å². The molecule has 0 saturated heterocycles. The molecule has 3 heteroatoms. The lowest BCUT2D eigenvalue weighted by atomic mass is 9.99. The molecule has 0 saturated carbocycles. The maximum atomic E-state index is 11.7. The van der Waals surface area contributed by atoms with E-state index in [0.29, 0.717) is 5.92 Å². The molecule has 112 valence electrons. The molecule has 0 bridgehead atoms. The number of hydrogen-bond acceptors (Lipinski definition) is 2. The van der Waals surface area contributed by atoms with E-state index in [9.17, 15) is 4.79 Å². The second-order valence-electron chi connectivity index (χ2n) is 5.72. The van der Waals surface area contributed by atoms with Gasteiger partial charge in [0.2, 0.25) is 0 Å². The number of carbonyl (C=O) groups is 1. The van der Waals surface area contributed by atoms with Crippen molar-refractivity contribution in [2.24, 2.45) is 0 Å². The molecule has 0 aliphatic rings. The summed E-state index contributed by atoms with van der Waals surface area (Å²) in [4.78, 5) is 16.3. The Balaban J connectivity index is 2.18. The highest BCUT2D eigenvalue weighted by Gasteiger charge is 2.13. The van der Waals surface area contributed by atoms with Crippen LogP contribution in [0.1, 0.15) is 35.7 Å². The van der Waals surface area contributed by atoms with Crippen molar-refractivity contribution >= 4 is 29.0 Å². The van der Waals surface area contributed by atoms with Crippen LogP contribution in [0.5, 0.6) is 0 Å². The number of H-pyrrole nitrogens is 1. The van der Waals surface area contributed by atoms with Gasteiger partial charge in [0, 0.05) is 21.4 Å². The third-order valence-corrected chi connectivity index (χ3v) is 4.77. The molecule has 22 heavy (non-hydrogen) atoms. The molecule has 0 amide bonds. The lowest BCUT2D eigenvalue weighted by Gasteiger charge is -2.04. The highest BCUT2D eigenvalue weighted by Crippen LogP contribution is 2.32. The number of benzene rings is 2. The van der Waals surface area contributed by atoms with Crippen molar-refractivity contribution < 1.29 is 4.79 Å². The summed E-state index contributed by atoms with van der Waals surface area (Å²) in [5.74, 6) is 0.447. The van der Waals surface area contributed by atoms with Crippen molar-refractivity contribution in [1.29, 1.82) is 0 Å². The SMILES string of the molecule is CSc1ccc(-c2[nH]c3ccc(C(C)C)cc3c2C=O)cc1. The van der Waals surface area contributed by atoms with E-state index in [1.807, 2.05) is 0 Å². The van der Waals surface area contributed by atoms with E-state index in [-0.39, 0.29) is 0 Å². The summed E-state index contributed by atoms with van der Waals surface area (Å²) in [6.45, 7) is 4.33. The molecular weight excluding hydrogens is 290 g/mol. The van der Waals surface area contributed by atoms with Crippen molar-refractivity contribution in [2.75, 3.05) is 6.26 Å².